The maximum atomic E-state index is 12.3. The predicted molar refractivity (Wildman–Crippen MR) is 94.4 cm³/mol. The number of hydrogen-bond acceptors (Lipinski definition) is 4. The van der Waals surface area contributed by atoms with Crippen molar-refractivity contribution < 1.29 is 9.69 Å². The molecule has 0 aliphatic carbocycles. The summed E-state index contributed by atoms with van der Waals surface area (Å²) in [5, 5.41) is 3.00. The summed E-state index contributed by atoms with van der Waals surface area (Å²) in [5.74, 6) is 0.841. The van der Waals surface area contributed by atoms with Gasteiger partial charge in [-0.15, -0.1) is 0 Å². The highest BCUT2D eigenvalue weighted by Crippen LogP contribution is 2.13. The smallest absolute Gasteiger partial charge is 0.279 e. The Morgan fingerprint density at radius 3 is 2.54 bits per heavy atom. The molecule has 0 atom stereocenters. The normalized spacial score (nSPS) is 15.3. The molecule has 24 heavy (non-hydrogen) atoms. The number of rotatable bonds is 4. The Morgan fingerprint density at radius 2 is 1.88 bits per heavy atom. The van der Waals surface area contributed by atoms with Crippen molar-refractivity contribution in [1.82, 2.24) is 9.97 Å². The van der Waals surface area contributed by atoms with Crippen LogP contribution in [0.15, 0.2) is 36.7 Å². The lowest BCUT2D eigenvalue weighted by molar-refractivity contribution is -0.892. The summed E-state index contributed by atoms with van der Waals surface area (Å²) in [6.07, 6.45) is 3.52. The van der Waals surface area contributed by atoms with Crippen molar-refractivity contribution in [3.8, 4) is 0 Å². The number of nitrogens with zero attached hydrogens (tertiary/aromatic N) is 3. The molecule has 1 saturated heterocycles. The molecule has 0 radical (unpaired) electrons. The molecular formula is C18H24N5O+. The molecule has 1 fully saturated rings. The Hall–Kier alpha value is -2.47. The van der Waals surface area contributed by atoms with E-state index in [4.69, 9.17) is 0 Å². The third-order valence-electron chi connectivity index (χ3n) is 4.51. The first-order valence-corrected chi connectivity index (χ1v) is 8.34. The molecule has 0 spiro atoms. The van der Waals surface area contributed by atoms with Gasteiger partial charge in [-0.2, -0.15) is 0 Å². The second-order valence-corrected chi connectivity index (χ2v) is 6.31. The Kier molecular flexibility index (Phi) is 5.05. The van der Waals surface area contributed by atoms with E-state index in [9.17, 15) is 4.79 Å². The monoisotopic (exact) mass is 326 g/mol. The van der Waals surface area contributed by atoms with Crippen LogP contribution in [0.2, 0.25) is 0 Å². The van der Waals surface area contributed by atoms with Crippen molar-refractivity contribution in [2.24, 2.45) is 0 Å². The van der Waals surface area contributed by atoms with Gasteiger partial charge in [-0.3, -0.25) is 4.79 Å². The minimum atomic E-state index is 0.0673. The van der Waals surface area contributed by atoms with E-state index in [2.05, 4.69) is 34.0 Å². The molecule has 126 valence electrons. The largest absolute Gasteiger partial charge is 0.330 e. The van der Waals surface area contributed by atoms with Crippen LogP contribution in [0.1, 0.15) is 11.1 Å². The van der Waals surface area contributed by atoms with Crippen LogP contribution in [0.4, 0.5) is 11.6 Å². The molecule has 0 unspecified atom stereocenters. The highest BCUT2D eigenvalue weighted by atomic mass is 16.2. The molecule has 3 rings (SSSR count). The predicted octanol–water partition coefficient (Wildman–Crippen LogP) is 0.437. The van der Waals surface area contributed by atoms with Gasteiger partial charge < -0.3 is 15.1 Å². The van der Waals surface area contributed by atoms with Crippen molar-refractivity contribution in [2.75, 3.05) is 42.9 Å². The van der Waals surface area contributed by atoms with Gasteiger partial charge in [0.05, 0.1) is 26.2 Å². The number of aryl methyl sites for hydroxylation is 2. The molecule has 0 bridgehead atoms. The first-order valence-electron chi connectivity index (χ1n) is 8.34. The molecule has 0 saturated carbocycles. The van der Waals surface area contributed by atoms with Crippen molar-refractivity contribution in [1.29, 1.82) is 0 Å². The maximum Gasteiger partial charge on any atom is 0.279 e. The lowest BCUT2D eigenvalue weighted by atomic mass is 10.1. The molecule has 1 aromatic heterocycles. The average Bonchev–Trinajstić information content (AvgIpc) is 2.59. The van der Waals surface area contributed by atoms with Crippen molar-refractivity contribution in [3.63, 3.8) is 0 Å². The van der Waals surface area contributed by atoms with Gasteiger partial charge in [0.1, 0.15) is 0 Å². The molecule has 6 heteroatoms. The number of hydrogen-bond donors (Lipinski definition) is 2. The molecule has 1 aliphatic heterocycles. The summed E-state index contributed by atoms with van der Waals surface area (Å²) >= 11 is 0. The standard InChI is InChI=1S/C18H23N5O/c1-14-4-5-16(12-15(14)2)21-17(24)13-22-8-10-23(11-9-22)18-19-6-3-7-20-18/h3-7,12H,8-11,13H2,1-2H3,(H,21,24)/p+1. The second kappa shape index (κ2) is 7.40. The first kappa shape index (κ1) is 16.4. The number of carbonyl (C=O) groups excluding carboxylic acids is 1. The SMILES string of the molecule is Cc1ccc(NC(=O)C[NH+]2CCN(c3ncccn3)CC2)cc1C. The van der Waals surface area contributed by atoms with Crippen LogP contribution in [0, 0.1) is 13.8 Å². The molecular weight excluding hydrogens is 302 g/mol. The highest BCUT2D eigenvalue weighted by molar-refractivity contribution is 5.91. The van der Waals surface area contributed by atoms with Gasteiger partial charge >= 0.3 is 0 Å². The van der Waals surface area contributed by atoms with E-state index in [1.54, 1.807) is 12.4 Å². The number of quaternary nitrogens is 1. The Labute approximate surface area is 142 Å². The highest BCUT2D eigenvalue weighted by Gasteiger charge is 2.23. The minimum absolute atomic E-state index is 0.0673. The molecule has 1 amide bonds. The second-order valence-electron chi connectivity index (χ2n) is 6.31. The maximum absolute atomic E-state index is 12.3. The fourth-order valence-corrected chi connectivity index (χ4v) is 2.91. The summed E-state index contributed by atoms with van der Waals surface area (Å²) in [5.41, 5.74) is 3.30. The van der Waals surface area contributed by atoms with Crippen molar-refractivity contribution in [2.45, 2.75) is 13.8 Å². The fourth-order valence-electron chi connectivity index (χ4n) is 2.91. The Balaban J connectivity index is 1.49. The van der Waals surface area contributed by atoms with E-state index in [0.717, 1.165) is 37.8 Å². The third-order valence-corrected chi connectivity index (χ3v) is 4.51. The van der Waals surface area contributed by atoms with Gasteiger partial charge in [-0.1, -0.05) is 6.07 Å². The lowest BCUT2D eigenvalue weighted by Crippen LogP contribution is -3.15. The topological polar surface area (TPSA) is 62.6 Å². The van der Waals surface area contributed by atoms with Crippen LogP contribution in [-0.2, 0) is 4.79 Å². The molecule has 2 N–H and O–H groups in total. The van der Waals surface area contributed by atoms with Crippen LogP contribution in [0.25, 0.3) is 0 Å². The lowest BCUT2D eigenvalue weighted by Gasteiger charge is -2.31. The van der Waals surface area contributed by atoms with E-state index in [1.165, 1.54) is 16.0 Å². The summed E-state index contributed by atoms with van der Waals surface area (Å²) in [6.45, 7) is 8.20. The zero-order chi connectivity index (χ0) is 16.9. The summed E-state index contributed by atoms with van der Waals surface area (Å²) < 4.78 is 0. The first-order chi connectivity index (χ1) is 11.6. The van der Waals surface area contributed by atoms with Crippen LogP contribution in [0.5, 0.6) is 0 Å². The number of amides is 1. The van der Waals surface area contributed by atoms with Gasteiger partial charge in [0.15, 0.2) is 6.54 Å². The van der Waals surface area contributed by atoms with E-state index in [0.29, 0.717) is 6.54 Å². The molecule has 2 heterocycles. The van der Waals surface area contributed by atoms with E-state index in [1.807, 2.05) is 24.3 Å². The number of aromatic nitrogens is 2. The number of anilines is 2. The van der Waals surface area contributed by atoms with E-state index < -0.39 is 0 Å². The number of piperazine rings is 1. The summed E-state index contributed by atoms with van der Waals surface area (Å²) in [4.78, 5) is 24.3. The van der Waals surface area contributed by atoms with Crippen molar-refractivity contribution >= 4 is 17.5 Å². The van der Waals surface area contributed by atoms with Gasteiger partial charge in [0.2, 0.25) is 5.95 Å². The molecule has 1 aromatic carbocycles. The molecule has 6 nitrogen and oxygen atoms in total. The van der Waals surface area contributed by atoms with Crippen LogP contribution >= 0.6 is 0 Å². The van der Waals surface area contributed by atoms with Crippen molar-refractivity contribution in [3.05, 3.63) is 47.8 Å². The summed E-state index contributed by atoms with van der Waals surface area (Å²) in [6, 6.07) is 7.84. The van der Waals surface area contributed by atoms with E-state index >= 15 is 0 Å². The van der Waals surface area contributed by atoms with Gasteiger partial charge in [-0.05, 0) is 43.2 Å². The number of carbonyl (C=O) groups is 1. The third kappa shape index (κ3) is 4.08. The summed E-state index contributed by atoms with van der Waals surface area (Å²) in [7, 11) is 0. The van der Waals surface area contributed by atoms with Crippen LogP contribution in [0.3, 0.4) is 0 Å². The average molecular weight is 326 g/mol. The quantitative estimate of drug-likeness (QED) is 0.856. The fraction of sp³-hybridized carbons (Fsp3) is 0.389. The zero-order valence-electron chi connectivity index (χ0n) is 14.2. The molecule has 2 aromatic rings. The van der Waals surface area contributed by atoms with Crippen LogP contribution in [-0.4, -0.2) is 48.6 Å². The van der Waals surface area contributed by atoms with Crippen LogP contribution < -0.4 is 15.1 Å². The van der Waals surface area contributed by atoms with E-state index in [-0.39, 0.29) is 5.91 Å². The number of nitrogens with one attached hydrogen (secondary N) is 2. The van der Waals surface area contributed by atoms with Gasteiger partial charge in [0, 0.05) is 18.1 Å². The minimum Gasteiger partial charge on any atom is -0.330 e. The zero-order valence-corrected chi connectivity index (χ0v) is 14.2. The Morgan fingerprint density at radius 1 is 1.17 bits per heavy atom. The Bertz CT molecular complexity index is 696. The number of benzene rings is 1. The van der Waals surface area contributed by atoms with Gasteiger partial charge in [-0.25, -0.2) is 9.97 Å². The van der Waals surface area contributed by atoms with Gasteiger partial charge in [0.25, 0.3) is 5.91 Å². The molecule has 1 aliphatic rings.